The van der Waals surface area contributed by atoms with Crippen molar-refractivity contribution in [3.05, 3.63) is 0 Å². The maximum absolute atomic E-state index is 12.1. The minimum atomic E-state index is 0.0679. The van der Waals surface area contributed by atoms with E-state index in [9.17, 15) is 4.79 Å². The molecular formula is C16H30N2O3. The highest BCUT2D eigenvalue weighted by atomic mass is 16.5. The third kappa shape index (κ3) is 5.93. The molecule has 3 atom stereocenters. The van der Waals surface area contributed by atoms with Gasteiger partial charge in [0.05, 0.1) is 19.3 Å². The molecule has 122 valence electrons. The summed E-state index contributed by atoms with van der Waals surface area (Å²) >= 11 is 0. The van der Waals surface area contributed by atoms with Crippen LogP contribution in [0.5, 0.6) is 0 Å². The second kappa shape index (κ2) is 8.71. The quantitative estimate of drug-likeness (QED) is 0.744. The van der Waals surface area contributed by atoms with Crippen molar-refractivity contribution in [3.63, 3.8) is 0 Å². The van der Waals surface area contributed by atoms with Gasteiger partial charge in [0.1, 0.15) is 0 Å². The predicted molar refractivity (Wildman–Crippen MR) is 82.2 cm³/mol. The van der Waals surface area contributed by atoms with E-state index in [1.54, 1.807) is 0 Å². The summed E-state index contributed by atoms with van der Waals surface area (Å²) in [6.45, 7) is 8.43. The Morgan fingerprint density at radius 2 is 2.10 bits per heavy atom. The van der Waals surface area contributed by atoms with Gasteiger partial charge in [-0.05, 0) is 51.1 Å². The van der Waals surface area contributed by atoms with Crippen LogP contribution in [0.1, 0.15) is 39.5 Å². The second-order valence-electron chi connectivity index (χ2n) is 6.56. The first-order valence-corrected chi connectivity index (χ1v) is 8.34. The van der Waals surface area contributed by atoms with Crippen molar-refractivity contribution in [3.8, 4) is 0 Å². The summed E-state index contributed by atoms with van der Waals surface area (Å²) in [5, 5.41) is 6.42. The third-order valence-corrected chi connectivity index (χ3v) is 4.57. The van der Waals surface area contributed by atoms with Gasteiger partial charge in [-0.15, -0.1) is 0 Å². The first kappa shape index (κ1) is 16.7. The van der Waals surface area contributed by atoms with E-state index in [0.717, 1.165) is 26.1 Å². The summed E-state index contributed by atoms with van der Waals surface area (Å²) in [5.41, 5.74) is 0. The molecule has 3 unspecified atom stereocenters. The highest BCUT2D eigenvalue weighted by Crippen LogP contribution is 2.24. The fourth-order valence-corrected chi connectivity index (χ4v) is 3.17. The molecule has 2 rings (SSSR count). The van der Waals surface area contributed by atoms with Gasteiger partial charge in [-0.2, -0.15) is 0 Å². The Labute approximate surface area is 128 Å². The van der Waals surface area contributed by atoms with Crippen LogP contribution in [0, 0.1) is 11.8 Å². The van der Waals surface area contributed by atoms with Crippen molar-refractivity contribution in [1.29, 1.82) is 0 Å². The van der Waals surface area contributed by atoms with E-state index in [0.29, 0.717) is 31.5 Å². The Morgan fingerprint density at radius 3 is 2.76 bits per heavy atom. The zero-order valence-electron chi connectivity index (χ0n) is 13.4. The Hall–Kier alpha value is -0.650. The van der Waals surface area contributed by atoms with Crippen LogP contribution in [0.4, 0.5) is 0 Å². The van der Waals surface area contributed by atoms with Gasteiger partial charge >= 0.3 is 0 Å². The molecule has 2 heterocycles. The molecule has 2 saturated heterocycles. The smallest absolute Gasteiger partial charge is 0.220 e. The molecular weight excluding hydrogens is 268 g/mol. The van der Waals surface area contributed by atoms with Gasteiger partial charge in [-0.1, -0.05) is 6.92 Å². The Morgan fingerprint density at radius 1 is 1.33 bits per heavy atom. The summed E-state index contributed by atoms with van der Waals surface area (Å²) < 4.78 is 11.0. The number of piperidine rings is 1. The Bertz CT molecular complexity index is 313. The molecule has 2 fully saturated rings. The number of carbonyl (C=O) groups is 1. The van der Waals surface area contributed by atoms with Crippen molar-refractivity contribution in [2.75, 3.05) is 32.9 Å². The highest BCUT2D eigenvalue weighted by molar-refractivity contribution is 5.76. The van der Waals surface area contributed by atoms with Gasteiger partial charge in [0.25, 0.3) is 0 Å². The fraction of sp³-hybridized carbons (Fsp3) is 0.938. The lowest BCUT2D eigenvalue weighted by molar-refractivity contribution is -0.123. The van der Waals surface area contributed by atoms with Crippen LogP contribution < -0.4 is 10.6 Å². The molecule has 0 aromatic rings. The van der Waals surface area contributed by atoms with Crippen LogP contribution >= 0.6 is 0 Å². The van der Waals surface area contributed by atoms with E-state index in [4.69, 9.17) is 9.47 Å². The van der Waals surface area contributed by atoms with Crippen molar-refractivity contribution >= 4 is 5.91 Å². The molecule has 0 saturated carbocycles. The van der Waals surface area contributed by atoms with Crippen LogP contribution in [0.3, 0.4) is 0 Å². The van der Waals surface area contributed by atoms with Gasteiger partial charge in [0.15, 0.2) is 0 Å². The molecule has 0 aromatic carbocycles. The van der Waals surface area contributed by atoms with E-state index < -0.39 is 0 Å². The molecule has 5 nitrogen and oxygen atoms in total. The average Bonchev–Trinajstić information content (AvgIpc) is 2.99. The normalized spacial score (nSPS) is 26.5. The van der Waals surface area contributed by atoms with Crippen LogP contribution in [-0.4, -0.2) is 51.0 Å². The van der Waals surface area contributed by atoms with E-state index in [-0.39, 0.29) is 18.1 Å². The fourth-order valence-electron chi connectivity index (χ4n) is 3.17. The average molecular weight is 298 g/mol. The van der Waals surface area contributed by atoms with E-state index in [1.807, 2.05) is 6.92 Å². The molecule has 1 amide bonds. The minimum Gasteiger partial charge on any atom is -0.379 e. The van der Waals surface area contributed by atoms with Crippen molar-refractivity contribution in [1.82, 2.24) is 10.6 Å². The second-order valence-corrected chi connectivity index (χ2v) is 6.56. The molecule has 0 spiro atoms. The Kier molecular flexibility index (Phi) is 6.93. The maximum Gasteiger partial charge on any atom is 0.220 e. The lowest BCUT2D eigenvalue weighted by Gasteiger charge is -2.28. The van der Waals surface area contributed by atoms with Crippen LogP contribution in [-0.2, 0) is 14.3 Å². The summed E-state index contributed by atoms with van der Waals surface area (Å²) in [6.07, 6.45) is 4.18. The minimum absolute atomic E-state index is 0.0679. The van der Waals surface area contributed by atoms with Crippen LogP contribution in [0.2, 0.25) is 0 Å². The lowest BCUT2D eigenvalue weighted by Crippen LogP contribution is -2.39. The Balaban J connectivity index is 1.60. The molecule has 2 N–H and O–H groups in total. The first-order chi connectivity index (χ1) is 10.1. The van der Waals surface area contributed by atoms with Gasteiger partial charge < -0.3 is 20.1 Å². The number of hydrogen-bond donors (Lipinski definition) is 2. The van der Waals surface area contributed by atoms with Gasteiger partial charge in [-0.25, -0.2) is 0 Å². The molecule has 0 radical (unpaired) electrons. The summed E-state index contributed by atoms with van der Waals surface area (Å²) in [5.74, 6) is 1.29. The molecule has 0 aromatic heterocycles. The molecule has 0 bridgehead atoms. The van der Waals surface area contributed by atoms with Crippen molar-refractivity contribution < 1.29 is 14.3 Å². The van der Waals surface area contributed by atoms with Gasteiger partial charge in [0, 0.05) is 19.1 Å². The monoisotopic (exact) mass is 298 g/mol. The number of hydrogen-bond acceptors (Lipinski definition) is 4. The van der Waals surface area contributed by atoms with Crippen LogP contribution in [0.15, 0.2) is 0 Å². The van der Waals surface area contributed by atoms with E-state index >= 15 is 0 Å². The first-order valence-electron chi connectivity index (χ1n) is 8.34. The highest BCUT2D eigenvalue weighted by Gasteiger charge is 2.23. The summed E-state index contributed by atoms with van der Waals surface area (Å²) in [7, 11) is 0. The molecule has 2 aliphatic rings. The number of carbonyl (C=O) groups excluding carboxylic acids is 1. The van der Waals surface area contributed by atoms with E-state index in [1.165, 1.54) is 12.8 Å². The third-order valence-electron chi connectivity index (χ3n) is 4.57. The van der Waals surface area contributed by atoms with Crippen LogP contribution in [0.25, 0.3) is 0 Å². The topological polar surface area (TPSA) is 59.6 Å². The molecule has 5 heteroatoms. The zero-order valence-corrected chi connectivity index (χ0v) is 13.4. The summed E-state index contributed by atoms with van der Waals surface area (Å²) in [4.78, 5) is 12.1. The number of ether oxygens (including phenoxy) is 2. The van der Waals surface area contributed by atoms with E-state index in [2.05, 4.69) is 17.6 Å². The predicted octanol–water partition coefficient (Wildman–Crippen LogP) is 1.32. The molecule has 2 aliphatic heterocycles. The number of amides is 1. The zero-order chi connectivity index (χ0) is 15.1. The maximum atomic E-state index is 12.1. The molecule has 0 aliphatic carbocycles. The number of rotatable bonds is 7. The van der Waals surface area contributed by atoms with Crippen molar-refractivity contribution in [2.45, 2.75) is 51.7 Å². The number of nitrogens with one attached hydrogen (secondary N) is 2. The lowest BCUT2D eigenvalue weighted by atomic mass is 9.84. The summed E-state index contributed by atoms with van der Waals surface area (Å²) in [6, 6.07) is 0.0679. The van der Waals surface area contributed by atoms with Gasteiger partial charge in [0.2, 0.25) is 5.91 Å². The standard InChI is InChI=1S/C16H30N2O3/c1-12(14-3-6-17-7-4-14)9-16(19)18-13(2)10-21-15-5-8-20-11-15/h12-15,17H,3-11H2,1-2H3,(H,18,19). The largest absolute Gasteiger partial charge is 0.379 e. The van der Waals surface area contributed by atoms with Gasteiger partial charge in [-0.3, -0.25) is 4.79 Å². The van der Waals surface area contributed by atoms with Crippen molar-refractivity contribution in [2.24, 2.45) is 11.8 Å². The molecule has 21 heavy (non-hydrogen) atoms. The SMILES string of the molecule is CC(COC1CCOC1)NC(=O)CC(C)C1CCNCC1.